The number of nitrogens with one attached hydrogen (secondary N) is 2. The van der Waals surface area contributed by atoms with Gasteiger partial charge in [0, 0.05) is 60.2 Å². The zero-order chi connectivity index (χ0) is 40.6. The molecule has 58 heavy (non-hydrogen) atoms. The maximum absolute atomic E-state index is 12.8. The first-order valence-corrected chi connectivity index (χ1v) is 19.4. The molecule has 0 aliphatic carbocycles. The number of methoxy groups -OCH3 is 1. The summed E-state index contributed by atoms with van der Waals surface area (Å²) >= 11 is 18.4. The Balaban J connectivity index is 0.000000209. The summed E-state index contributed by atoms with van der Waals surface area (Å²) in [4.78, 5) is 34.6. The predicted octanol–water partition coefficient (Wildman–Crippen LogP) is 4.64. The summed E-state index contributed by atoms with van der Waals surface area (Å²) in [5, 5.41) is 26.3. The Hall–Kier alpha value is -3.83. The number of halogens is 3. The molecule has 2 amide bonds. The van der Waals surface area contributed by atoms with Gasteiger partial charge in [-0.1, -0.05) is 34.8 Å². The number of carbonyl (C=O) groups excluding carboxylic acids is 2. The van der Waals surface area contributed by atoms with Crippen LogP contribution >= 0.6 is 34.8 Å². The third-order valence-corrected chi connectivity index (χ3v) is 10.5. The molecule has 0 atom stereocenters. The van der Waals surface area contributed by atoms with E-state index in [2.05, 4.69) is 30.8 Å². The second-order valence-corrected chi connectivity index (χ2v) is 14.5. The van der Waals surface area contributed by atoms with E-state index in [0.717, 1.165) is 55.2 Å². The minimum absolute atomic E-state index is 0. The number of carbonyl (C=O) groups is 2. The fourth-order valence-corrected chi connectivity index (χ4v) is 7.45. The molecule has 0 saturated carbocycles. The van der Waals surface area contributed by atoms with Crippen LogP contribution in [0.1, 0.15) is 69.9 Å². The number of ether oxygens (including phenoxy) is 3. The molecule has 4 aromatic heterocycles. The first-order valence-electron chi connectivity index (χ1n) is 18.3. The predicted molar refractivity (Wildman–Crippen MR) is 219 cm³/mol. The summed E-state index contributed by atoms with van der Waals surface area (Å²) in [7, 11) is 2.30. The molecule has 2 saturated heterocycles. The minimum atomic E-state index is -0.324. The zero-order valence-electron chi connectivity index (χ0n) is 32.9. The van der Waals surface area contributed by atoms with Crippen LogP contribution in [0.15, 0.2) is 60.9 Å². The van der Waals surface area contributed by atoms with E-state index < -0.39 is 0 Å². The Morgan fingerprint density at radius 3 is 1.53 bits per heavy atom. The largest absolute Gasteiger partial charge is 1.00 e. The molecule has 2 aromatic carbocycles. The molecular weight excluding hydrogens is 818 g/mol. The van der Waals surface area contributed by atoms with Crippen molar-refractivity contribution in [2.45, 2.75) is 51.6 Å². The van der Waals surface area contributed by atoms with Gasteiger partial charge in [-0.25, -0.2) is 19.3 Å². The third kappa shape index (κ3) is 10.1. The van der Waals surface area contributed by atoms with E-state index in [9.17, 15) is 9.59 Å². The maximum atomic E-state index is 12.8. The summed E-state index contributed by atoms with van der Waals surface area (Å²) in [6, 6.07) is 14.3. The molecule has 2 aliphatic rings. The van der Waals surface area contributed by atoms with E-state index >= 15 is 0 Å². The van der Waals surface area contributed by atoms with Crippen LogP contribution in [0.25, 0.3) is 22.1 Å². The van der Waals surface area contributed by atoms with Crippen molar-refractivity contribution in [3.8, 4) is 5.75 Å². The zero-order valence-corrected chi connectivity index (χ0v) is 37.1. The van der Waals surface area contributed by atoms with Gasteiger partial charge in [0.2, 0.25) is 0 Å². The second-order valence-electron chi connectivity index (χ2n) is 13.3. The van der Waals surface area contributed by atoms with Gasteiger partial charge in [-0.05, 0) is 88.1 Å². The smallest absolute Gasteiger partial charge is 0.857 e. The average Bonchev–Trinajstić information content (AvgIpc) is 3.77. The molecule has 0 spiro atoms. The van der Waals surface area contributed by atoms with Gasteiger partial charge in [-0.15, -0.1) is 0 Å². The van der Waals surface area contributed by atoms with Gasteiger partial charge in [0.05, 0.1) is 51.9 Å². The van der Waals surface area contributed by atoms with Crippen LogP contribution in [0.4, 0.5) is 11.4 Å². The standard InChI is InChI=1S/C20H21ClN4O3.C19H18Cl2N4O2.CH3O.Na/c1-12-17-18(27-2)16(20(26)23-14-5-3-13(21)4-6-14)11-22-19(17)25(24-12)15-7-9-28-10-8-15;1-11-16-17(21)15(19(26)23-13-4-2-12(20)3-5-13)10-22-18(16)25(24-11)14-6-8-27-9-7-14;1-2;/h3-6,11,15H,7-10H2,1-2H3,(H,23,26);2-5,10,14H,6-9H2,1H3,(H,23,26);1H3;/q;;-1;+1. The van der Waals surface area contributed by atoms with Crippen LogP contribution in [0.2, 0.25) is 15.1 Å². The van der Waals surface area contributed by atoms with Crippen molar-refractivity contribution in [3.05, 3.63) is 98.5 Å². The van der Waals surface area contributed by atoms with E-state index in [1.54, 1.807) is 61.8 Å². The van der Waals surface area contributed by atoms with Crippen LogP contribution in [0, 0.1) is 13.8 Å². The van der Waals surface area contributed by atoms with E-state index in [1.807, 2.05) is 23.2 Å². The fraction of sp³-hybridized carbons (Fsp3) is 0.350. The summed E-state index contributed by atoms with van der Waals surface area (Å²) in [6.45, 7) is 6.63. The third-order valence-electron chi connectivity index (χ3n) is 9.65. The molecule has 18 heteroatoms. The molecule has 2 aliphatic heterocycles. The van der Waals surface area contributed by atoms with Gasteiger partial charge < -0.3 is 30.0 Å². The Bertz CT molecular complexity index is 2350. The summed E-state index contributed by atoms with van der Waals surface area (Å²) in [5.41, 5.74) is 4.92. The maximum Gasteiger partial charge on any atom is 1.00 e. The van der Waals surface area contributed by atoms with E-state index in [4.69, 9.17) is 54.1 Å². The van der Waals surface area contributed by atoms with Gasteiger partial charge in [0.1, 0.15) is 11.3 Å². The van der Waals surface area contributed by atoms with Crippen LogP contribution in [0.5, 0.6) is 5.75 Å². The van der Waals surface area contributed by atoms with Crippen LogP contribution in [-0.4, -0.2) is 82.0 Å². The Kier molecular flexibility index (Phi) is 16.3. The molecule has 0 bridgehead atoms. The van der Waals surface area contributed by atoms with Gasteiger partial charge in [-0.2, -0.15) is 17.3 Å². The minimum Gasteiger partial charge on any atom is -0.857 e. The molecular formula is C40H42Cl3N8NaO6. The molecule has 2 N–H and O–H groups in total. The number of fused-ring (bicyclic) bond motifs is 2. The van der Waals surface area contributed by atoms with Crippen molar-refractivity contribution in [1.82, 2.24) is 29.5 Å². The van der Waals surface area contributed by atoms with Crippen molar-refractivity contribution >= 4 is 80.1 Å². The molecule has 0 radical (unpaired) electrons. The number of hydrogen-bond acceptors (Lipinski definition) is 10. The quantitative estimate of drug-likeness (QED) is 0.216. The SMILES string of the molecule is COc1c(C(=O)Nc2ccc(Cl)cc2)cnc2c1c(C)nn2C1CCOCC1.C[O-].Cc1nn(C2CCOCC2)c2ncc(C(=O)Nc3ccc(Cl)cc3)c(Cl)c12.[Na+]. The monoisotopic (exact) mass is 858 g/mol. The van der Waals surface area contributed by atoms with Crippen LogP contribution in [-0.2, 0) is 9.47 Å². The number of amides is 2. The number of pyridine rings is 2. The van der Waals surface area contributed by atoms with Crippen molar-refractivity contribution in [2.24, 2.45) is 0 Å². The number of hydrogen-bond donors (Lipinski definition) is 2. The normalized spacial score (nSPS) is 14.4. The topological polar surface area (TPSA) is 170 Å². The summed E-state index contributed by atoms with van der Waals surface area (Å²) in [5.74, 6) is -0.144. The molecule has 6 heterocycles. The van der Waals surface area contributed by atoms with E-state index in [1.165, 1.54) is 6.20 Å². The molecule has 2 fully saturated rings. The Morgan fingerprint density at radius 2 is 1.09 bits per heavy atom. The van der Waals surface area contributed by atoms with Gasteiger partial charge in [-0.3, -0.25) is 9.59 Å². The number of aryl methyl sites for hydroxylation is 2. The van der Waals surface area contributed by atoms with Crippen LogP contribution in [0.3, 0.4) is 0 Å². The van der Waals surface area contributed by atoms with Crippen molar-refractivity contribution in [3.63, 3.8) is 0 Å². The molecule has 8 rings (SSSR count). The molecule has 0 unspecified atom stereocenters. The number of aromatic nitrogens is 6. The van der Waals surface area contributed by atoms with Crippen molar-refractivity contribution in [1.29, 1.82) is 0 Å². The molecule has 300 valence electrons. The fourth-order valence-electron chi connectivity index (χ4n) is 6.84. The molecule has 6 aromatic rings. The van der Waals surface area contributed by atoms with E-state index in [0.29, 0.717) is 80.8 Å². The Labute approximate surface area is 372 Å². The average molecular weight is 860 g/mol. The van der Waals surface area contributed by atoms with Gasteiger partial charge in [0.25, 0.3) is 11.8 Å². The van der Waals surface area contributed by atoms with Gasteiger partial charge in [0.15, 0.2) is 11.3 Å². The summed E-state index contributed by atoms with van der Waals surface area (Å²) < 4.78 is 20.4. The van der Waals surface area contributed by atoms with Gasteiger partial charge >= 0.3 is 29.6 Å². The molecule has 14 nitrogen and oxygen atoms in total. The van der Waals surface area contributed by atoms with E-state index in [-0.39, 0.29) is 53.5 Å². The van der Waals surface area contributed by atoms with Crippen molar-refractivity contribution < 1.29 is 58.5 Å². The number of anilines is 2. The first-order chi connectivity index (χ1) is 27.6. The van der Waals surface area contributed by atoms with Crippen LogP contribution < -0.4 is 50.0 Å². The number of nitrogens with zero attached hydrogens (tertiary/aromatic N) is 6. The second kappa shape index (κ2) is 20.9. The summed E-state index contributed by atoms with van der Waals surface area (Å²) in [6.07, 6.45) is 6.59. The van der Waals surface area contributed by atoms with Crippen molar-refractivity contribution in [2.75, 3.05) is 51.3 Å². The Morgan fingerprint density at radius 1 is 0.690 bits per heavy atom. The number of benzene rings is 2. The first kappa shape index (κ1) is 45.3. The number of rotatable bonds is 7.